The lowest BCUT2D eigenvalue weighted by molar-refractivity contribution is -0.138. The molecule has 2 saturated heterocycles. The molecule has 140 valence electrons. The fraction of sp³-hybridized carbons (Fsp3) is 0.476. The van der Waals surface area contributed by atoms with E-state index in [9.17, 15) is 4.79 Å². The predicted octanol–water partition coefficient (Wildman–Crippen LogP) is 2.09. The van der Waals surface area contributed by atoms with E-state index in [1.54, 1.807) is 0 Å². The second-order valence-corrected chi connectivity index (χ2v) is 8.07. The highest BCUT2D eigenvalue weighted by molar-refractivity contribution is 5.89. The van der Waals surface area contributed by atoms with Crippen LogP contribution in [0.4, 0.5) is 0 Å². The van der Waals surface area contributed by atoms with E-state index in [1.165, 1.54) is 29.3 Å². The van der Waals surface area contributed by atoms with E-state index in [0.29, 0.717) is 24.6 Å². The summed E-state index contributed by atoms with van der Waals surface area (Å²) in [6.07, 6.45) is 3.80. The first-order valence-electron chi connectivity index (χ1n) is 9.77. The average Bonchev–Trinajstić information content (AvgIpc) is 3.30. The second kappa shape index (κ2) is 5.59. The molecule has 2 fully saturated rings. The maximum absolute atomic E-state index is 12.4. The van der Waals surface area contributed by atoms with Crippen molar-refractivity contribution in [2.75, 3.05) is 20.3 Å². The highest BCUT2D eigenvalue weighted by Gasteiger charge is 2.55. The number of benzene rings is 1. The zero-order valence-electron chi connectivity index (χ0n) is 15.3. The Morgan fingerprint density at radius 2 is 2.22 bits per heavy atom. The summed E-state index contributed by atoms with van der Waals surface area (Å²) in [5, 5.41) is 4.63. The molecule has 2 aromatic rings. The smallest absolute Gasteiger partial charge is 0.335 e. The molecule has 5 heterocycles. The van der Waals surface area contributed by atoms with Crippen molar-refractivity contribution in [3.8, 4) is 0 Å². The van der Waals surface area contributed by atoms with Crippen LogP contribution in [0, 0.1) is 11.8 Å². The quantitative estimate of drug-likeness (QED) is 0.758. The molecule has 27 heavy (non-hydrogen) atoms. The number of aromatic nitrogens is 1. The molecule has 6 nitrogen and oxygen atoms in total. The SMILES string of the molecule is COC(=O)C1=CN[C@@H]2OC[C@H]3[C@@H]2[C@@H]1C[C@@H]1c2[nH]c4ccccc4c2CCN13. The van der Waals surface area contributed by atoms with E-state index >= 15 is 0 Å². The number of hydrogen-bond donors (Lipinski definition) is 2. The van der Waals surface area contributed by atoms with Crippen LogP contribution in [-0.2, 0) is 20.7 Å². The number of esters is 1. The topological polar surface area (TPSA) is 66.6 Å². The zero-order chi connectivity index (χ0) is 18.1. The van der Waals surface area contributed by atoms with Gasteiger partial charge in [-0.15, -0.1) is 0 Å². The molecule has 0 spiro atoms. The first-order valence-corrected chi connectivity index (χ1v) is 9.77. The van der Waals surface area contributed by atoms with Crippen molar-refractivity contribution in [2.45, 2.75) is 31.2 Å². The number of nitrogens with zero attached hydrogens (tertiary/aromatic N) is 1. The molecule has 4 aliphatic rings. The highest BCUT2D eigenvalue weighted by Crippen LogP contribution is 2.51. The van der Waals surface area contributed by atoms with Crippen molar-refractivity contribution in [2.24, 2.45) is 11.8 Å². The van der Waals surface area contributed by atoms with Gasteiger partial charge in [-0.25, -0.2) is 4.79 Å². The van der Waals surface area contributed by atoms with Gasteiger partial charge in [-0.2, -0.15) is 0 Å². The summed E-state index contributed by atoms with van der Waals surface area (Å²) in [5.74, 6) is 0.235. The molecule has 4 aliphatic heterocycles. The van der Waals surface area contributed by atoms with Gasteiger partial charge in [0.1, 0.15) is 6.23 Å². The summed E-state index contributed by atoms with van der Waals surface area (Å²) >= 11 is 0. The average molecular weight is 365 g/mol. The normalized spacial score (nSPS) is 34.3. The maximum atomic E-state index is 12.4. The third kappa shape index (κ3) is 2.05. The number of fused-ring (bicyclic) bond motifs is 6. The Labute approximate surface area is 157 Å². The Kier molecular flexibility index (Phi) is 3.26. The minimum Gasteiger partial charge on any atom is -0.466 e. The van der Waals surface area contributed by atoms with Crippen LogP contribution in [0.2, 0.25) is 0 Å². The fourth-order valence-electron chi connectivity index (χ4n) is 5.91. The predicted molar refractivity (Wildman–Crippen MR) is 99.8 cm³/mol. The van der Waals surface area contributed by atoms with Gasteiger partial charge in [0.25, 0.3) is 0 Å². The van der Waals surface area contributed by atoms with Crippen LogP contribution in [-0.4, -0.2) is 48.4 Å². The Morgan fingerprint density at radius 3 is 3.11 bits per heavy atom. The van der Waals surface area contributed by atoms with Crippen molar-refractivity contribution >= 4 is 16.9 Å². The number of rotatable bonds is 1. The molecule has 0 saturated carbocycles. The summed E-state index contributed by atoms with van der Waals surface area (Å²) in [5.41, 5.74) is 4.74. The largest absolute Gasteiger partial charge is 0.466 e. The van der Waals surface area contributed by atoms with Crippen LogP contribution in [0.15, 0.2) is 36.0 Å². The van der Waals surface area contributed by atoms with Gasteiger partial charge in [0.05, 0.1) is 25.3 Å². The molecule has 0 unspecified atom stereocenters. The number of piperidine rings is 1. The van der Waals surface area contributed by atoms with E-state index in [0.717, 1.165) is 25.0 Å². The molecule has 0 bridgehead atoms. The van der Waals surface area contributed by atoms with Crippen LogP contribution in [0.5, 0.6) is 0 Å². The third-order valence-corrected chi connectivity index (χ3v) is 7.03. The number of methoxy groups -OCH3 is 1. The number of carbonyl (C=O) groups excluding carboxylic acids is 1. The molecule has 1 aromatic heterocycles. The molecule has 6 rings (SSSR count). The van der Waals surface area contributed by atoms with Gasteiger partial charge in [-0.1, -0.05) is 18.2 Å². The Balaban J connectivity index is 1.46. The fourth-order valence-corrected chi connectivity index (χ4v) is 5.91. The Morgan fingerprint density at radius 1 is 1.33 bits per heavy atom. The summed E-state index contributed by atoms with van der Waals surface area (Å²) in [7, 11) is 1.46. The first kappa shape index (κ1) is 15.7. The number of H-pyrrole nitrogens is 1. The second-order valence-electron chi connectivity index (χ2n) is 8.07. The lowest BCUT2D eigenvalue weighted by Gasteiger charge is -2.50. The van der Waals surface area contributed by atoms with Gasteiger partial charge >= 0.3 is 5.97 Å². The molecule has 5 atom stereocenters. The van der Waals surface area contributed by atoms with Gasteiger partial charge in [0.15, 0.2) is 0 Å². The summed E-state index contributed by atoms with van der Waals surface area (Å²) in [4.78, 5) is 18.7. The Hall–Kier alpha value is -2.31. The molecule has 1 aromatic carbocycles. The third-order valence-electron chi connectivity index (χ3n) is 7.03. The minimum absolute atomic E-state index is 0.00142. The van der Waals surface area contributed by atoms with Crippen molar-refractivity contribution < 1.29 is 14.3 Å². The summed E-state index contributed by atoms with van der Waals surface area (Å²) < 4.78 is 11.1. The standard InChI is InChI=1S/C21H23N3O3/c1-26-21(25)14-9-22-20-18-13(14)8-16-19-12(6-7-24(16)17(18)10-27-20)11-4-2-3-5-15(11)23-19/h2-5,9,13,16-18,20,22-23H,6-8,10H2,1H3/t13-,16-,17+,18+,20-/m1/s1. The van der Waals surface area contributed by atoms with Crippen LogP contribution >= 0.6 is 0 Å². The van der Waals surface area contributed by atoms with E-state index in [2.05, 4.69) is 39.5 Å². The number of ether oxygens (including phenoxy) is 2. The number of para-hydroxylation sites is 1. The van der Waals surface area contributed by atoms with Gasteiger partial charge in [0.2, 0.25) is 0 Å². The molecule has 2 N–H and O–H groups in total. The molecular formula is C21H23N3O3. The molecular weight excluding hydrogens is 342 g/mol. The van der Waals surface area contributed by atoms with Crippen LogP contribution in [0.3, 0.4) is 0 Å². The maximum Gasteiger partial charge on any atom is 0.335 e. The van der Waals surface area contributed by atoms with Crippen LogP contribution in [0.25, 0.3) is 10.9 Å². The van der Waals surface area contributed by atoms with Gasteiger partial charge in [-0.3, -0.25) is 4.90 Å². The Bertz CT molecular complexity index is 965. The van der Waals surface area contributed by atoms with Crippen molar-refractivity contribution in [3.63, 3.8) is 0 Å². The van der Waals surface area contributed by atoms with E-state index < -0.39 is 0 Å². The number of carbonyl (C=O) groups is 1. The van der Waals surface area contributed by atoms with Gasteiger partial charge in [0, 0.05) is 47.2 Å². The van der Waals surface area contributed by atoms with Crippen LogP contribution < -0.4 is 5.32 Å². The molecule has 0 radical (unpaired) electrons. The highest BCUT2D eigenvalue weighted by atomic mass is 16.5. The molecule has 0 amide bonds. The van der Waals surface area contributed by atoms with E-state index in [1.807, 2.05) is 6.20 Å². The van der Waals surface area contributed by atoms with Gasteiger partial charge < -0.3 is 19.8 Å². The van der Waals surface area contributed by atoms with Crippen molar-refractivity contribution in [1.82, 2.24) is 15.2 Å². The first-order chi connectivity index (χ1) is 13.3. The lowest BCUT2D eigenvalue weighted by atomic mass is 9.70. The van der Waals surface area contributed by atoms with E-state index in [4.69, 9.17) is 9.47 Å². The summed E-state index contributed by atoms with van der Waals surface area (Å²) in [6, 6.07) is 9.19. The minimum atomic E-state index is -0.224. The number of hydrogen-bond acceptors (Lipinski definition) is 5. The molecule has 0 aliphatic carbocycles. The number of nitrogens with one attached hydrogen (secondary N) is 2. The van der Waals surface area contributed by atoms with Gasteiger partial charge in [-0.05, 0) is 24.5 Å². The monoisotopic (exact) mass is 365 g/mol. The lowest BCUT2D eigenvalue weighted by Crippen LogP contribution is -2.57. The number of aromatic amines is 1. The molecule has 6 heteroatoms. The summed E-state index contributed by atoms with van der Waals surface area (Å²) in [6.45, 7) is 1.76. The van der Waals surface area contributed by atoms with Crippen molar-refractivity contribution in [3.05, 3.63) is 47.3 Å². The zero-order valence-corrected chi connectivity index (χ0v) is 15.3. The van der Waals surface area contributed by atoms with E-state index in [-0.39, 0.29) is 18.1 Å². The van der Waals surface area contributed by atoms with Crippen molar-refractivity contribution in [1.29, 1.82) is 0 Å². The van der Waals surface area contributed by atoms with Crippen LogP contribution in [0.1, 0.15) is 23.7 Å².